The van der Waals surface area contributed by atoms with E-state index in [2.05, 4.69) is 5.10 Å². The first kappa shape index (κ1) is 15.5. The zero-order chi connectivity index (χ0) is 16.6. The number of halogens is 1. The molecule has 1 aromatic carbocycles. The van der Waals surface area contributed by atoms with Gasteiger partial charge in [0.2, 0.25) is 5.69 Å². The Balaban J connectivity index is 1.92. The number of carbonyl (C=O) groups is 1. The average Bonchev–Trinajstić information content (AvgIpc) is 3.14. The second-order valence-corrected chi connectivity index (χ2v) is 5.94. The molecule has 2 aromatic rings. The minimum atomic E-state index is -0.576. The molecule has 1 saturated heterocycles. The van der Waals surface area contributed by atoms with Gasteiger partial charge in [0.25, 0.3) is 5.91 Å². The first-order valence-electron chi connectivity index (χ1n) is 7.22. The van der Waals surface area contributed by atoms with E-state index in [0.29, 0.717) is 11.6 Å². The Labute approximate surface area is 137 Å². The molecule has 0 N–H and O–H groups in total. The van der Waals surface area contributed by atoms with Crippen LogP contribution in [0.15, 0.2) is 30.5 Å². The highest BCUT2D eigenvalue weighted by molar-refractivity contribution is 6.30. The smallest absolute Gasteiger partial charge is 0.320 e. The molecule has 0 aliphatic carbocycles. The Morgan fingerprint density at radius 3 is 2.74 bits per heavy atom. The molecule has 0 saturated carbocycles. The van der Waals surface area contributed by atoms with Crippen LogP contribution in [0.3, 0.4) is 0 Å². The van der Waals surface area contributed by atoms with E-state index in [9.17, 15) is 14.9 Å². The number of hydrogen-bond donors (Lipinski definition) is 0. The molecule has 1 aliphatic rings. The van der Waals surface area contributed by atoms with Crippen LogP contribution < -0.4 is 0 Å². The summed E-state index contributed by atoms with van der Waals surface area (Å²) < 4.78 is 1.29. The third-order valence-corrected chi connectivity index (χ3v) is 4.23. The largest absolute Gasteiger partial charge is 0.330 e. The van der Waals surface area contributed by atoms with Crippen LogP contribution in [0.1, 0.15) is 34.9 Å². The minimum absolute atomic E-state index is 0.110. The fourth-order valence-electron chi connectivity index (χ4n) is 2.94. The third kappa shape index (κ3) is 2.92. The number of nitro groups is 1. The van der Waals surface area contributed by atoms with Crippen molar-refractivity contribution in [2.75, 3.05) is 6.54 Å². The second-order valence-electron chi connectivity index (χ2n) is 5.50. The lowest BCUT2D eigenvalue weighted by Crippen LogP contribution is -2.31. The van der Waals surface area contributed by atoms with E-state index in [1.165, 1.54) is 10.9 Å². The summed E-state index contributed by atoms with van der Waals surface area (Å²) in [7, 11) is 1.56. The Morgan fingerprint density at radius 1 is 1.39 bits per heavy atom. The monoisotopic (exact) mass is 334 g/mol. The molecular formula is C15H15ClN4O3. The molecular weight excluding hydrogens is 320 g/mol. The molecule has 1 aliphatic heterocycles. The molecule has 0 spiro atoms. The summed E-state index contributed by atoms with van der Waals surface area (Å²) in [6.07, 6.45) is 2.91. The van der Waals surface area contributed by atoms with Crippen molar-refractivity contribution >= 4 is 23.2 Å². The molecule has 1 atom stereocenters. The highest BCUT2D eigenvalue weighted by Crippen LogP contribution is 2.34. The normalized spacial score (nSPS) is 17.5. The standard InChI is InChI=1S/C15H15ClN4O3/c1-18-9-13(20(22)23)14(17-18)15(21)19-8-2-3-12(19)10-4-6-11(16)7-5-10/h4-7,9,12H,2-3,8H2,1H3. The summed E-state index contributed by atoms with van der Waals surface area (Å²) in [5.74, 6) is -0.408. The van der Waals surface area contributed by atoms with Crippen LogP contribution in [0.5, 0.6) is 0 Å². The lowest BCUT2D eigenvalue weighted by atomic mass is 10.0. The van der Waals surface area contributed by atoms with Crippen molar-refractivity contribution in [2.45, 2.75) is 18.9 Å². The van der Waals surface area contributed by atoms with Gasteiger partial charge in [0.1, 0.15) is 6.20 Å². The van der Waals surface area contributed by atoms with Crippen LogP contribution in [-0.2, 0) is 7.05 Å². The van der Waals surface area contributed by atoms with Gasteiger partial charge in [0.15, 0.2) is 0 Å². The van der Waals surface area contributed by atoms with Gasteiger partial charge >= 0.3 is 5.69 Å². The highest BCUT2D eigenvalue weighted by Gasteiger charge is 2.35. The van der Waals surface area contributed by atoms with Crippen LogP contribution in [0.25, 0.3) is 0 Å². The Kier molecular flexibility index (Phi) is 4.04. The molecule has 120 valence electrons. The van der Waals surface area contributed by atoms with E-state index in [4.69, 9.17) is 11.6 Å². The van der Waals surface area contributed by atoms with Crippen LogP contribution >= 0.6 is 11.6 Å². The summed E-state index contributed by atoms with van der Waals surface area (Å²) in [5, 5.41) is 15.7. The van der Waals surface area contributed by atoms with Gasteiger partial charge < -0.3 is 4.90 Å². The molecule has 1 fully saturated rings. The maximum Gasteiger partial charge on any atom is 0.320 e. The van der Waals surface area contributed by atoms with Crippen molar-refractivity contribution in [3.05, 3.63) is 56.9 Å². The van der Waals surface area contributed by atoms with E-state index in [-0.39, 0.29) is 17.4 Å². The number of aromatic nitrogens is 2. The topological polar surface area (TPSA) is 81.3 Å². The van der Waals surface area contributed by atoms with Gasteiger partial charge in [0.05, 0.1) is 11.0 Å². The molecule has 0 bridgehead atoms. The fourth-order valence-corrected chi connectivity index (χ4v) is 3.07. The van der Waals surface area contributed by atoms with Crippen LogP contribution in [0.2, 0.25) is 5.02 Å². The Hall–Kier alpha value is -2.41. The van der Waals surface area contributed by atoms with Crippen LogP contribution in [0, 0.1) is 10.1 Å². The molecule has 3 rings (SSSR count). The van der Waals surface area contributed by atoms with Gasteiger partial charge in [-0.05, 0) is 30.5 Å². The number of aryl methyl sites for hydroxylation is 1. The van der Waals surface area contributed by atoms with E-state index < -0.39 is 10.8 Å². The van der Waals surface area contributed by atoms with E-state index >= 15 is 0 Å². The molecule has 7 nitrogen and oxygen atoms in total. The average molecular weight is 335 g/mol. The summed E-state index contributed by atoms with van der Waals surface area (Å²) in [6.45, 7) is 0.555. The predicted molar refractivity (Wildman–Crippen MR) is 84.3 cm³/mol. The maximum atomic E-state index is 12.8. The molecule has 8 heteroatoms. The lowest BCUT2D eigenvalue weighted by Gasteiger charge is -2.24. The SMILES string of the molecule is Cn1cc([N+](=O)[O-])c(C(=O)N2CCCC2c2ccc(Cl)cc2)n1. The molecule has 2 heterocycles. The van der Waals surface area contributed by atoms with Gasteiger partial charge in [-0.2, -0.15) is 5.10 Å². The molecule has 1 aromatic heterocycles. The number of rotatable bonds is 3. The molecule has 1 unspecified atom stereocenters. The van der Waals surface area contributed by atoms with E-state index in [1.54, 1.807) is 24.1 Å². The van der Waals surface area contributed by atoms with E-state index in [1.807, 2.05) is 12.1 Å². The number of amides is 1. The number of carbonyl (C=O) groups excluding carboxylic acids is 1. The minimum Gasteiger partial charge on any atom is -0.330 e. The summed E-state index contributed by atoms with van der Waals surface area (Å²) in [5.41, 5.74) is 0.594. The number of benzene rings is 1. The Bertz CT molecular complexity index is 757. The Morgan fingerprint density at radius 2 is 2.09 bits per heavy atom. The quantitative estimate of drug-likeness (QED) is 0.638. The fraction of sp³-hybridized carbons (Fsp3) is 0.333. The first-order chi connectivity index (χ1) is 11.0. The van der Waals surface area contributed by atoms with Crippen molar-refractivity contribution in [3.8, 4) is 0 Å². The predicted octanol–water partition coefficient (Wildman–Crippen LogP) is 2.96. The van der Waals surface area contributed by atoms with Crippen LogP contribution in [-0.4, -0.2) is 32.1 Å². The molecule has 23 heavy (non-hydrogen) atoms. The number of hydrogen-bond acceptors (Lipinski definition) is 4. The number of nitrogens with zero attached hydrogens (tertiary/aromatic N) is 4. The van der Waals surface area contributed by atoms with Crippen LogP contribution in [0.4, 0.5) is 5.69 Å². The van der Waals surface area contributed by atoms with Crippen molar-refractivity contribution < 1.29 is 9.72 Å². The summed E-state index contributed by atoms with van der Waals surface area (Å²) in [6, 6.07) is 7.21. The molecule has 0 radical (unpaired) electrons. The van der Waals surface area contributed by atoms with Gasteiger partial charge in [0, 0.05) is 18.6 Å². The second kappa shape index (κ2) is 6.00. The van der Waals surface area contributed by atoms with Gasteiger partial charge in [-0.3, -0.25) is 19.6 Å². The van der Waals surface area contributed by atoms with Gasteiger partial charge in [-0.25, -0.2) is 0 Å². The van der Waals surface area contributed by atoms with Crippen molar-refractivity contribution in [2.24, 2.45) is 7.05 Å². The summed E-state index contributed by atoms with van der Waals surface area (Å²) >= 11 is 5.90. The third-order valence-electron chi connectivity index (χ3n) is 3.98. The zero-order valence-corrected chi connectivity index (χ0v) is 13.2. The highest BCUT2D eigenvalue weighted by atomic mass is 35.5. The number of likely N-dealkylation sites (tertiary alicyclic amines) is 1. The van der Waals surface area contributed by atoms with Crippen molar-refractivity contribution in [3.63, 3.8) is 0 Å². The van der Waals surface area contributed by atoms with Crippen molar-refractivity contribution in [1.82, 2.24) is 14.7 Å². The first-order valence-corrected chi connectivity index (χ1v) is 7.59. The zero-order valence-electron chi connectivity index (χ0n) is 12.5. The van der Waals surface area contributed by atoms with Crippen molar-refractivity contribution in [1.29, 1.82) is 0 Å². The lowest BCUT2D eigenvalue weighted by molar-refractivity contribution is -0.385. The maximum absolute atomic E-state index is 12.8. The van der Waals surface area contributed by atoms with Gasteiger partial charge in [-0.1, -0.05) is 23.7 Å². The van der Waals surface area contributed by atoms with E-state index in [0.717, 1.165) is 18.4 Å². The molecule has 1 amide bonds. The summed E-state index contributed by atoms with van der Waals surface area (Å²) in [4.78, 5) is 24.9. The van der Waals surface area contributed by atoms with Gasteiger partial charge in [-0.15, -0.1) is 0 Å².